The number of halogens is 3. The van der Waals surface area contributed by atoms with E-state index in [2.05, 4.69) is 0 Å². The highest BCUT2D eigenvalue weighted by Crippen LogP contribution is 2.36. The normalized spacial score (nSPS) is 23.6. The van der Waals surface area contributed by atoms with E-state index in [1.807, 2.05) is 0 Å². The van der Waals surface area contributed by atoms with Gasteiger partial charge in [-0.3, -0.25) is 14.5 Å². The summed E-state index contributed by atoms with van der Waals surface area (Å²) < 4.78 is 38.4. The van der Waals surface area contributed by atoms with Crippen molar-refractivity contribution >= 4 is 17.5 Å². The Morgan fingerprint density at radius 2 is 1.50 bits per heavy atom. The highest BCUT2D eigenvalue weighted by atomic mass is 19.4. The lowest BCUT2D eigenvalue weighted by Gasteiger charge is -2.17. The number of carbonyl (C=O) groups excluding carboxylic acids is 2. The van der Waals surface area contributed by atoms with Gasteiger partial charge in [0.2, 0.25) is 11.8 Å². The average Bonchev–Trinajstić information content (AvgIpc) is 2.52. The molecule has 2 atom stereocenters. The number of alkyl halides is 3. The maximum atomic E-state index is 12.8. The van der Waals surface area contributed by atoms with Gasteiger partial charge in [-0.1, -0.05) is 13.8 Å². The molecule has 0 radical (unpaired) electrons. The monoisotopic (exact) mass is 285 g/mol. The van der Waals surface area contributed by atoms with E-state index in [1.165, 1.54) is 13.0 Å². The summed E-state index contributed by atoms with van der Waals surface area (Å²) in [5.74, 6) is -1.95. The maximum absolute atomic E-state index is 12.8. The van der Waals surface area contributed by atoms with Gasteiger partial charge in [-0.25, -0.2) is 0 Å². The van der Waals surface area contributed by atoms with Crippen molar-refractivity contribution in [2.24, 2.45) is 11.8 Å². The standard InChI is InChI=1S/C14H14F3NO2/c1-7-4-10(14(15,16)17)6-11(5-7)18-12(19)8(2)9(3)13(18)20/h4-6,8-9H,1-3H3. The molecule has 0 saturated carbocycles. The van der Waals surface area contributed by atoms with Crippen molar-refractivity contribution < 1.29 is 22.8 Å². The van der Waals surface area contributed by atoms with Gasteiger partial charge in [0.15, 0.2) is 0 Å². The van der Waals surface area contributed by atoms with Gasteiger partial charge in [0, 0.05) is 11.8 Å². The Morgan fingerprint density at radius 3 is 1.95 bits per heavy atom. The predicted molar refractivity (Wildman–Crippen MR) is 67.0 cm³/mol. The molecule has 1 aromatic rings. The van der Waals surface area contributed by atoms with Crippen molar-refractivity contribution in [1.82, 2.24) is 0 Å². The van der Waals surface area contributed by atoms with Crippen molar-refractivity contribution in [2.75, 3.05) is 4.90 Å². The summed E-state index contributed by atoms with van der Waals surface area (Å²) >= 11 is 0. The zero-order valence-electron chi connectivity index (χ0n) is 11.3. The summed E-state index contributed by atoms with van der Waals surface area (Å²) in [6.07, 6.45) is -4.51. The van der Waals surface area contributed by atoms with Crippen LogP contribution in [0.1, 0.15) is 25.0 Å². The summed E-state index contributed by atoms with van der Waals surface area (Å²) in [4.78, 5) is 24.9. The first-order chi connectivity index (χ1) is 9.12. The number of nitrogens with zero attached hydrogens (tertiary/aromatic N) is 1. The largest absolute Gasteiger partial charge is 0.416 e. The van der Waals surface area contributed by atoms with E-state index >= 15 is 0 Å². The molecule has 0 spiro atoms. The first-order valence-electron chi connectivity index (χ1n) is 6.19. The Balaban J connectivity index is 2.51. The first kappa shape index (κ1) is 14.6. The Kier molecular flexibility index (Phi) is 3.36. The third kappa shape index (κ3) is 2.30. The maximum Gasteiger partial charge on any atom is 0.416 e. The predicted octanol–water partition coefficient (Wildman–Crippen LogP) is 3.16. The molecule has 1 aliphatic heterocycles. The Hall–Kier alpha value is -1.85. The summed E-state index contributed by atoms with van der Waals surface area (Å²) in [6, 6.07) is 3.24. The summed E-state index contributed by atoms with van der Waals surface area (Å²) in [6.45, 7) is 4.70. The molecule has 1 heterocycles. The number of rotatable bonds is 1. The van der Waals surface area contributed by atoms with Gasteiger partial charge in [-0.05, 0) is 30.7 Å². The van der Waals surface area contributed by atoms with Gasteiger partial charge in [-0.15, -0.1) is 0 Å². The quantitative estimate of drug-likeness (QED) is 0.743. The third-order valence-electron chi connectivity index (χ3n) is 3.62. The van der Waals surface area contributed by atoms with Crippen LogP contribution in [0.4, 0.5) is 18.9 Å². The van der Waals surface area contributed by atoms with Crippen LogP contribution in [0.3, 0.4) is 0 Å². The van der Waals surface area contributed by atoms with E-state index in [1.54, 1.807) is 13.8 Å². The molecule has 2 rings (SSSR count). The Bertz CT molecular complexity index is 560. The molecule has 0 aliphatic carbocycles. The molecular formula is C14H14F3NO2. The molecule has 1 saturated heterocycles. The molecular weight excluding hydrogens is 271 g/mol. The van der Waals surface area contributed by atoms with Crippen LogP contribution in [0.5, 0.6) is 0 Å². The molecule has 0 aromatic heterocycles. The minimum absolute atomic E-state index is 0.0106. The molecule has 1 aromatic carbocycles. The third-order valence-corrected chi connectivity index (χ3v) is 3.62. The molecule has 6 heteroatoms. The Labute approximate surface area is 114 Å². The molecule has 1 aliphatic rings. The highest BCUT2D eigenvalue weighted by molar-refractivity contribution is 6.21. The zero-order chi connectivity index (χ0) is 15.2. The lowest BCUT2D eigenvalue weighted by atomic mass is 10.00. The van der Waals surface area contributed by atoms with E-state index in [0.717, 1.165) is 17.0 Å². The van der Waals surface area contributed by atoms with E-state index in [4.69, 9.17) is 0 Å². The number of hydrogen-bond donors (Lipinski definition) is 0. The average molecular weight is 285 g/mol. The lowest BCUT2D eigenvalue weighted by molar-refractivity contribution is -0.137. The second-order valence-corrected chi connectivity index (χ2v) is 5.14. The van der Waals surface area contributed by atoms with E-state index < -0.39 is 35.4 Å². The SMILES string of the molecule is Cc1cc(N2C(=O)C(C)C(C)C2=O)cc(C(F)(F)F)c1. The molecule has 2 unspecified atom stereocenters. The van der Waals surface area contributed by atoms with Gasteiger partial charge in [0.05, 0.1) is 11.3 Å². The summed E-state index contributed by atoms with van der Waals surface area (Å²) in [5, 5.41) is 0. The molecule has 0 bridgehead atoms. The van der Waals surface area contributed by atoms with Gasteiger partial charge < -0.3 is 0 Å². The van der Waals surface area contributed by atoms with Crippen LogP contribution in [-0.2, 0) is 15.8 Å². The van der Waals surface area contributed by atoms with Crippen LogP contribution in [0.2, 0.25) is 0 Å². The second kappa shape index (κ2) is 4.61. The van der Waals surface area contributed by atoms with Gasteiger partial charge in [-0.2, -0.15) is 13.2 Å². The number of hydrogen-bond acceptors (Lipinski definition) is 2. The van der Waals surface area contributed by atoms with Crippen LogP contribution in [0.15, 0.2) is 18.2 Å². The number of carbonyl (C=O) groups is 2. The van der Waals surface area contributed by atoms with Crippen molar-refractivity contribution in [2.45, 2.75) is 26.9 Å². The minimum atomic E-state index is -4.51. The number of aryl methyl sites for hydroxylation is 1. The van der Waals surface area contributed by atoms with Crippen molar-refractivity contribution in [1.29, 1.82) is 0 Å². The highest BCUT2D eigenvalue weighted by Gasteiger charge is 2.43. The van der Waals surface area contributed by atoms with E-state index in [0.29, 0.717) is 5.56 Å². The molecule has 0 N–H and O–H groups in total. The van der Waals surface area contributed by atoms with Crippen molar-refractivity contribution in [3.63, 3.8) is 0 Å². The molecule has 2 amide bonds. The first-order valence-corrected chi connectivity index (χ1v) is 6.19. The topological polar surface area (TPSA) is 37.4 Å². The van der Waals surface area contributed by atoms with Gasteiger partial charge in [0.25, 0.3) is 0 Å². The lowest BCUT2D eigenvalue weighted by Crippen LogP contribution is -2.31. The number of anilines is 1. The van der Waals surface area contributed by atoms with Crippen LogP contribution in [-0.4, -0.2) is 11.8 Å². The zero-order valence-corrected chi connectivity index (χ0v) is 11.3. The number of amides is 2. The summed E-state index contributed by atoms with van der Waals surface area (Å²) in [5.41, 5.74) is -0.522. The molecule has 3 nitrogen and oxygen atoms in total. The van der Waals surface area contributed by atoms with Crippen LogP contribution in [0.25, 0.3) is 0 Å². The smallest absolute Gasteiger partial charge is 0.274 e. The van der Waals surface area contributed by atoms with Gasteiger partial charge in [0.1, 0.15) is 0 Å². The second-order valence-electron chi connectivity index (χ2n) is 5.14. The van der Waals surface area contributed by atoms with E-state index in [-0.39, 0.29) is 5.69 Å². The van der Waals surface area contributed by atoms with E-state index in [9.17, 15) is 22.8 Å². The number of imide groups is 1. The summed E-state index contributed by atoms with van der Waals surface area (Å²) in [7, 11) is 0. The Morgan fingerprint density at radius 1 is 1.00 bits per heavy atom. The van der Waals surface area contributed by atoms with Gasteiger partial charge >= 0.3 is 6.18 Å². The number of benzene rings is 1. The fourth-order valence-corrected chi connectivity index (χ4v) is 2.25. The fourth-order valence-electron chi connectivity index (χ4n) is 2.25. The molecule has 108 valence electrons. The van der Waals surface area contributed by atoms with Crippen molar-refractivity contribution in [3.05, 3.63) is 29.3 Å². The van der Waals surface area contributed by atoms with Crippen LogP contribution in [0, 0.1) is 18.8 Å². The minimum Gasteiger partial charge on any atom is -0.274 e. The fraction of sp³-hybridized carbons (Fsp3) is 0.429. The molecule has 1 fully saturated rings. The van der Waals surface area contributed by atoms with Crippen molar-refractivity contribution in [3.8, 4) is 0 Å². The van der Waals surface area contributed by atoms with Crippen LogP contribution < -0.4 is 4.90 Å². The van der Waals surface area contributed by atoms with Crippen LogP contribution >= 0.6 is 0 Å². The molecule has 20 heavy (non-hydrogen) atoms.